The second-order valence-electron chi connectivity index (χ2n) is 6.28. The highest BCUT2D eigenvalue weighted by atomic mass is 32.2. The van der Waals surface area contributed by atoms with Crippen LogP contribution in [0.5, 0.6) is 0 Å². The first-order chi connectivity index (χ1) is 13.1. The van der Waals surface area contributed by atoms with Crippen LogP contribution in [0.15, 0.2) is 58.2 Å². The number of benzene rings is 2. The average Bonchev–Trinajstić information content (AvgIpc) is 3.08. The quantitative estimate of drug-likeness (QED) is 0.677. The lowest BCUT2D eigenvalue weighted by atomic mass is 10.1. The van der Waals surface area contributed by atoms with E-state index < -0.39 is 12.2 Å². The van der Waals surface area contributed by atoms with Gasteiger partial charge in [0, 0.05) is 21.5 Å². The Kier molecular flexibility index (Phi) is 4.63. The maximum absolute atomic E-state index is 12.7. The molecule has 3 aromatic rings. The van der Waals surface area contributed by atoms with Gasteiger partial charge in [-0.05, 0) is 35.9 Å². The fourth-order valence-electron chi connectivity index (χ4n) is 3.26. The number of anilines is 1. The minimum absolute atomic E-state index is 0.216. The summed E-state index contributed by atoms with van der Waals surface area (Å²) in [6.45, 7) is 0.0343. The van der Waals surface area contributed by atoms with Crippen molar-refractivity contribution in [3.8, 4) is 11.3 Å². The van der Waals surface area contributed by atoms with Crippen LogP contribution in [0.1, 0.15) is 0 Å². The normalized spacial score (nSPS) is 16.7. The minimum Gasteiger partial charge on any atom is -0.441 e. The first-order valence-electron chi connectivity index (χ1n) is 8.50. The average molecular weight is 382 g/mol. The lowest BCUT2D eigenvalue weighted by Gasteiger charge is -2.14. The van der Waals surface area contributed by atoms with Crippen LogP contribution in [0.2, 0.25) is 0 Å². The number of amides is 1. The highest BCUT2D eigenvalue weighted by molar-refractivity contribution is 7.98. The number of nitrogens with one attached hydrogen (secondary N) is 1. The molecule has 1 amide bonds. The zero-order valence-corrected chi connectivity index (χ0v) is 15.5. The van der Waals surface area contributed by atoms with E-state index in [1.807, 2.05) is 42.7 Å². The molecule has 1 saturated heterocycles. The predicted octanol–water partition coefficient (Wildman–Crippen LogP) is 3.23. The number of rotatable bonds is 4. The van der Waals surface area contributed by atoms with Crippen molar-refractivity contribution in [2.24, 2.45) is 0 Å². The van der Waals surface area contributed by atoms with Crippen LogP contribution in [0.4, 0.5) is 10.5 Å². The molecule has 27 heavy (non-hydrogen) atoms. The predicted molar refractivity (Wildman–Crippen MR) is 106 cm³/mol. The molecule has 4 rings (SSSR count). The van der Waals surface area contributed by atoms with Gasteiger partial charge in [-0.15, -0.1) is 11.8 Å². The summed E-state index contributed by atoms with van der Waals surface area (Å²) in [7, 11) is 0. The Morgan fingerprint density at radius 1 is 1.22 bits per heavy atom. The van der Waals surface area contributed by atoms with Gasteiger partial charge in [-0.3, -0.25) is 9.69 Å². The lowest BCUT2D eigenvalue weighted by molar-refractivity contribution is 0.0963. The summed E-state index contributed by atoms with van der Waals surface area (Å²) in [4.78, 5) is 30.1. The maximum atomic E-state index is 12.7. The van der Waals surface area contributed by atoms with Crippen molar-refractivity contribution in [3.63, 3.8) is 0 Å². The Morgan fingerprint density at radius 2 is 2.04 bits per heavy atom. The van der Waals surface area contributed by atoms with E-state index in [4.69, 9.17) is 4.74 Å². The molecule has 7 heteroatoms. The molecule has 1 fully saturated rings. The number of pyridine rings is 1. The number of H-pyrrole nitrogens is 1. The van der Waals surface area contributed by atoms with Gasteiger partial charge in [0.2, 0.25) is 0 Å². The van der Waals surface area contributed by atoms with Gasteiger partial charge in [0.05, 0.1) is 18.8 Å². The molecule has 2 N–H and O–H groups in total. The van der Waals surface area contributed by atoms with Crippen molar-refractivity contribution >= 4 is 34.3 Å². The van der Waals surface area contributed by atoms with Gasteiger partial charge in [0.15, 0.2) is 0 Å². The Morgan fingerprint density at radius 3 is 2.78 bits per heavy atom. The molecular formula is C20H18N2O4S. The SMILES string of the molecule is CSc1ccccc1-c1cc2ccc(N3C[C@H](CO)OC3=O)cc2c(=O)[nH]1. The third-order valence-corrected chi connectivity index (χ3v) is 5.41. The Bertz CT molecular complexity index is 1080. The number of thioether (sulfide) groups is 1. The fourth-order valence-corrected chi connectivity index (χ4v) is 3.87. The summed E-state index contributed by atoms with van der Waals surface area (Å²) in [6.07, 6.45) is 0.936. The third kappa shape index (κ3) is 3.20. The molecule has 0 saturated carbocycles. The number of carbonyl (C=O) groups excluding carboxylic acids is 1. The van der Waals surface area contributed by atoms with Crippen LogP contribution < -0.4 is 10.5 Å². The summed E-state index contributed by atoms with van der Waals surface area (Å²) in [6, 6.07) is 15.1. The van der Waals surface area contributed by atoms with Gasteiger partial charge in [0.1, 0.15) is 6.10 Å². The second-order valence-corrected chi connectivity index (χ2v) is 7.13. The molecule has 0 radical (unpaired) electrons. The van der Waals surface area contributed by atoms with E-state index in [0.717, 1.165) is 21.5 Å². The van der Waals surface area contributed by atoms with Gasteiger partial charge in [0.25, 0.3) is 5.56 Å². The number of fused-ring (bicyclic) bond motifs is 1. The van der Waals surface area contributed by atoms with Crippen molar-refractivity contribution in [1.29, 1.82) is 0 Å². The van der Waals surface area contributed by atoms with Crippen molar-refractivity contribution < 1.29 is 14.6 Å². The lowest BCUT2D eigenvalue weighted by Crippen LogP contribution is -2.25. The number of cyclic esters (lactones) is 1. The number of ether oxygens (including phenoxy) is 1. The summed E-state index contributed by atoms with van der Waals surface area (Å²) >= 11 is 1.62. The molecule has 0 aliphatic carbocycles. The number of aliphatic hydroxyl groups is 1. The van der Waals surface area contributed by atoms with Gasteiger partial charge < -0.3 is 14.8 Å². The smallest absolute Gasteiger partial charge is 0.414 e. The van der Waals surface area contributed by atoms with E-state index in [1.165, 1.54) is 4.90 Å². The highest BCUT2D eigenvalue weighted by Gasteiger charge is 2.31. The summed E-state index contributed by atoms with van der Waals surface area (Å²) in [5.41, 5.74) is 2.09. The number of hydrogen-bond acceptors (Lipinski definition) is 5. The van der Waals surface area contributed by atoms with Gasteiger partial charge >= 0.3 is 6.09 Å². The van der Waals surface area contributed by atoms with Crippen LogP contribution in [-0.2, 0) is 4.74 Å². The van der Waals surface area contributed by atoms with Crippen molar-refractivity contribution in [1.82, 2.24) is 4.98 Å². The number of hydrogen-bond donors (Lipinski definition) is 2. The number of aromatic amines is 1. The first-order valence-corrected chi connectivity index (χ1v) is 9.72. The molecule has 1 atom stereocenters. The van der Waals surface area contributed by atoms with E-state index in [-0.39, 0.29) is 18.7 Å². The van der Waals surface area contributed by atoms with Crippen LogP contribution >= 0.6 is 11.8 Å². The second kappa shape index (κ2) is 7.09. The van der Waals surface area contributed by atoms with Gasteiger partial charge in [-0.1, -0.05) is 24.3 Å². The zero-order chi connectivity index (χ0) is 19.0. The van der Waals surface area contributed by atoms with E-state index >= 15 is 0 Å². The zero-order valence-electron chi connectivity index (χ0n) is 14.6. The molecule has 1 aromatic heterocycles. The molecular weight excluding hydrogens is 364 g/mol. The van der Waals surface area contributed by atoms with Crippen LogP contribution in [-0.4, -0.2) is 41.7 Å². The van der Waals surface area contributed by atoms with Crippen molar-refractivity contribution in [2.45, 2.75) is 11.0 Å². The molecule has 0 spiro atoms. The maximum Gasteiger partial charge on any atom is 0.414 e. The molecule has 2 aromatic carbocycles. The summed E-state index contributed by atoms with van der Waals surface area (Å²) < 4.78 is 5.07. The van der Waals surface area contributed by atoms with Crippen molar-refractivity contribution in [2.75, 3.05) is 24.3 Å². The number of aromatic nitrogens is 1. The van der Waals surface area contributed by atoms with Crippen LogP contribution in [0, 0.1) is 0 Å². The van der Waals surface area contributed by atoms with Crippen molar-refractivity contribution in [3.05, 3.63) is 58.9 Å². The Hall–Kier alpha value is -2.77. The molecule has 0 unspecified atom stereocenters. The minimum atomic E-state index is -0.545. The van der Waals surface area contributed by atoms with Crippen LogP contribution in [0.3, 0.4) is 0 Å². The van der Waals surface area contributed by atoms with Gasteiger partial charge in [-0.25, -0.2) is 4.79 Å². The largest absolute Gasteiger partial charge is 0.441 e. The highest BCUT2D eigenvalue weighted by Crippen LogP contribution is 2.30. The summed E-state index contributed by atoms with van der Waals surface area (Å²) in [5.74, 6) is 0. The Labute approximate surface area is 159 Å². The topological polar surface area (TPSA) is 82.6 Å². The third-order valence-electron chi connectivity index (χ3n) is 4.62. The van der Waals surface area contributed by atoms with E-state index in [1.54, 1.807) is 23.9 Å². The van der Waals surface area contributed by atoms with Gasteiger partial charge in [-0.2, -0.15) is 0 Å². The monoisotopic (exact) mass is 382 g/mol. The number of nitrogens with zero attached hydrogens (tertiary/aromatic N) is 1. The van der Waals surface area contributed by atoms with Crippen LogP contribution in [0.25, 0.3) is 22.0 Å². The number of carbonyl (C=O) groups is 1. The molecule has 0 bridgehead atoms. The molecule has 138 valence electrons. The molecule has 1 aliphatic heterocycles. The van der Waals surface area contributed by atoms with E-state index in [2.05, 4.69) is 4.98 Å². The summed E-state index contributed by atoms with van der Waals surface area (Å²) in [5, 5.41) is 10.5. The van der Waals surface area contributed by atoms with E-state index in [0.29, 0.717) is 11.1 Å². The molecule has 6 nitrogen and oxygen atoms in total. The standard InChI is InChI=1S/C20H18N2O4S/c1-27-18-5-3-2-4-15(18)17-8-12-6-7-13(9-16(12)19(24)21-17)22-10-14(11-23)26-20(22)25/h2-9,14,23H,10-11H2,1H3,(H,21,24)/t14-/m1/s1. The fraction of sp³-hybridized carbons (Fsp3) is 0.200. The molecule has 1 aliphatic rings. The Balaban J connectivity index is 1.77. The van der Waals surface area contributed by atoms with E-state index in [9.17, 15) is 14.7 Å². The molecule has 2 heterocycles. The first kappa shape index (κ1) is 17.6. The number of aliphatic hydroxyl groups excluding tert-OH is 1.